The van der Waals surface area contributed by atoms with Crippen molar-refractivity contribution in [2.75, 3.05) is 34.0 Å². The Morgan fingerprint density at radius 2 is 1.75 bits per heavy atom. The zero-order valence-corrected chi connectivity index (χ0v) is 25.3. The molecule has 0 fully saturated rings. The van der Waals surface area contributed by atoms with Crippen LogP contribution in [0.15, 0.2) is 60.6 Å². The summed E-state index contributed by atoms with van der Waals surface area (Å²) in [7, 11) is -1.04. The minimum Gasteiger partial charge on any atom is -0.493 e. The van der Waals surface area contributed by atoms with E-state index >= 15 is 0 Å². The number of fused-ring (bicyclic) bond motifs is 4. The molecule has 1 N–H and O–H groups in total. The number of aliphatic hydroxyl groups is 1. The molecule has 0 radical (unpaired) electrons. The molecular formula is C31H43NO7S. The number of ether oxygens (including phenoxy) is 3. The Kier molecular flexibility index (Phi) is 12.8. The first-order valence-corrected chi connectivity index (χ1v) is 15.0. The molecule has 0 spiro atoms. The van der Waals surface area contributed by atoms with Crippen molar-refractivity contribution in [1.82, 2.24) is 4.90 Å². The van der Waals surface area contributed by atoms with Crippen LogP contribution in [0.2, 0.25) is 0 Å². The molecule has 0 bridgehead atoms. The predicted molar refractivity (Wildman–Crippen MR) is 160 cm³/mol. The van der Waals surface area contributed by atoms with Crippen LogP contribution in [0.25, 0.3) is 0 Å². The van der Waals surface area contributed by atoms with Gasteiger partial charge in [-0.05, 0) is 59.9 Å². The average Bonchev–Trinajstić information content (AvgIpc) is 2.99. The van der Waals surface area contributed by atoms with E-state index in [0.29, 0.717) is 30.2 Å². The Hall–Kier alpha value is -3.27. The minimum absolute atomic E-state index is 0.0749. The lowest BCUT2D eigenvalue weighted by Crippen LogP contribution is -2.39. The molecule has 2 aliphatic heterocycles. The van der Waals surface area contributed by atoms with E-state index in [-0.39, 0.29) is 29.9 Å². The highest BCUT2D eigenvalue weighted by Crippen LogP contribution is 2.46. The quantitative estimate of drug-likeness (QED) is 0.284. The second-order valence-electron chi connectivity index (χ2n) is 8.50. The number of hydrogen-bond acceptors (Lipinski definition) is 8. The highest BCUT2D eigenvalue weighted by Gasteiger charge is 2.36. The van der Waals surface area contributed by atoms with Gasteiger partial charge in [-0.15, -0.1) is 0 Å². The van der Waals surface area contributed by atoms with Crippen molar-refractivity contribution < 1.29 is 31.9 Å². The fraction of sp³-hybridized carbons (Fsp3) is 0.419. The molecular weight excluding hydrogens is 530 g/mol. The largest absolute Gasteiger partial charge is 0.493 e. The van der Waals surface area contributed by atoms with Crippen molar-refractivity contribution >= 4 is 10.1 Å². The van der Waals surface area contributed by atoms with Gasteiger partial charge < -0.3 is 23.5 Å². The second-order valence-corrected chi connectivity index (χ2v) is 10.0. The molecule has 1 atom stereocenters. The SMILES string of the molecule is C=C/C=C(\C=C)S(=O)(=O)Oc1c(OC)ccc2c1CN1CCc3cc(OC)c(OCCO)cc3C1C2.CC.CC. The summed E-state index contributed by atoms with van der Waals surface area (Å²) in [5.74, 6) is 1.77. The molecule has 2 aromatic carbocycles. The van der Waals surface area contributed by atoms with Crippen LogP contribution in [-0.2, 0) is 29.5 Å². The van der Waals surface area contributed by atoms with Crippen LogP contribution >= 0.6 is 0 Å². The molecule has 2 heterocycles. The zero-order valence-electron chi connectivity index (χ0n) is 24.5. The summed E-state index contributed by atoms with van der Waals surface area (Å²) < 4.78 is 48.3. The Balaban J connectivity index is 0.00000134. The number of rotatable bonds is 10. The van der Waals surface area contributed by atoms with Crippen molar-refractivity contribution in [2.24, 2.45) is 0 Å². The minimum atomic E-state index is -4.13. The number of aliphatic hydroxyl groups excluding tert-OH is 1. The highest BCUT2D eigenvalue weighted by atomic mass is 32.2. The van der Waals surface area contributed by atoms with Crippen LogP contribution in [0.1, 0.15) is 56.0 Å². The van der Waals surface area contributed by atoms with Gasteiger partial charge in [0.05, 0.1) is 20.8 Å². The third-order valence-corrected chi connectivity index (χ3v) is 7.79. The van der Waals surface area contributed by atoms with E-state index in [2.05, 4.69) is 18.1 Å². The molecule has 0 saturated heterocycles. The third kappa shape index (κ3) is 7.08. The normalized spacial score (nSPS) is 15.9. The third-order valence-electron chi connectivity index (χ3n) is 6.52. The van der Waals surface area contributed by atoms with E-state index in [4.69, 9.17) is 18.4 Å². The van der Waals surface area contributed by atoms with Crippen LogP contribution in [0.3, 0.4) is 0 Å². The van der Waals surface area contributed by atoms with Gasteiger partial charge in [0.2, 0.25) is 0 Å². The molecule has 2 aliphatic rings. The summed E-state index contributed by atoms with van der Waals surface area (Å²) in [6, 6.07) is 7.77. The maximum absolute atomic E-state index is 13.0. The first-order valence-electron chi connectivity index (χ1n) is 13.6. The molecule has 220 valence electrons. The Morgan fingerprint density at radius 3 is 2.35 bits per heavy atom. The van der Waals surface area contributed by atoms with Gasteiger partial charge in [0, 0.05) is 24.7 Å². The first-order chi connectivity index (χ1) is 19.4. The summed E-state index contributed by atoms with van der Waals surface area (Å²) in [6.45, 7) is 16.5. The Labute approximate surface area is 239 Å². The summed E-state index contributed by atoms with van der Waals surface area (Å²) in [5, 5.41) is 9.20. The number of nitrogens with zero attached hydrogens (tertiary/aromatic N) is 1. The van der Waals surface area contributed by atoms with Crippen LogP contribution in [0.5, 0.6) is 23.0 Å². The fourth-order valence-corrected chi connectivity index (χ4v) is 5.79. The molecule has 8 nitrogen and oxygen atoms in total. The van der Waals surface area contributed by atoms with E-state index in [0.717, 1.165) is 29.7 Å². The number of methoxy groups -OCH3 is 2. The highest BCUT2D eigenvalue weighted by molar-refractivity contribution is 7.91. The van der Waals surface area contributed by atoms with Gasteiger partial charge in [-0.1, -0.05) is 53.0 Å². The smallest absolute Gasteiger partial charge is 0.339 e. The maximum atomic E-state index is 13.0. The molecule has 0 saturated carbocycles. The molecule has 1 unspecified atom stereocenters. The van der Waals surface area contributed by atoms with E-state index in [9.17, 15) is 13.5 Å². The second kappa shape index (κ2) is 15.5. The predicted octanol–water partition coefficient (Wildman–Crippen LogP) is 5.75. The molecule has 40 heavy (non-hydrogen) atoms. The van der Waals surface area contributed by atoms with Gasteiger partial charge >= 0.3 is 10.1 Å². The lowest BCUT2D eigenvalue weighted by Gasteiger charge is -2.42. The molecule has 2 aromatic rings. The van der Waals surface area contributed by atoms with Crippen molar-refractivity contribution in [3.63, 3.8) is 0 Å². The van der Waals surface area contributed by atoms with Crippen molar-refractivity contribution in [3.8, 4) is 23.0 Å². The van der Waals surface area contributed by atoms with Crippen LogP contribution in [0, 0.1) is 0 Å². The van der Waals surface area contributed by atoms with Gasteiger partial charge in [-0.25, -0.2) is 0 Å². The average molecular weight is 574 g/mol. The zero-order chi connectivity index (χ0) is 29.9. The molecule has 9 heteroatoms. The Morgan fingerprint density at radius 1 is 1.05 bits per heavy atom. The van der Waals surface area contributed by atoms with E-state index in [1.54, 1.807) is 13.2 Å². The molecule has 0 aromatic heterocycles. The molecule has 4 rings (SSSR count). The fourth-order valence-electron chi connectivity index (χ4n) is 4.82. The van der Waals surface area contributed by atoms with E-state index in [1.807, 2.05) is 45.9 Å². The van der Waals surface area contributed by atoms with Crippen molar-refractivity contribution in [3.05, 3.63) is 82.8 Å². The van der Waals surface area contributed by atoms with Gasteiger partial charge in [0.25, 0.3) is 0 Å². The van der Waals surface area contributed by atoms with Crippen molar-refractivity contribution in [1.29, 1.82) is 0 Å². The molecule has 0 aliphatic carbocycles. The van der Waals surface area contributed by atoms with Crippen molar-refractivity contribution in [2.45, 2.75) is 53.1 Å². The van der Waals surface area contributed by atoms with Crippen LogP contribution in [-0.4, -0.2) is 52.4 Å². The maximum Gasteiger partial charge on any atom is 0.339 e. The number of allylic oxidation sites excluding steroid dienone is 3. The van der Waals surface area contributed by atoms with Gasteiger partial charge in [0.1, 0.15) is 11.5 Å². The monoisotopic (exact) mass is 573 g/mol. The lowest BCUT2D eigenvalue weighted by molar-refractivity contribution is 0.157. The number of benzene rings is 2. The summed E-state index contributed by atoms with van der Waals surface area (Å²) in [6.07, 6.45) is 5.40. The molecule has 0 amide bonds. The van der Waals surface area contributed by atoms with E-state index in [1.165, 1.54) is 30.9 Å². The first kappa shape index (κ1) is 32.9. The van der Waals surface area contributed by atoms with E-state index < -0.39 is 10.1 Å². The standard InChI is InChI=1S/C27H31NO7S.2C2H6/c1-5-7-20(6-2)36(30,31)35-27-22-17-28-11-10-19-15-25(33-4)26(34-13-12-29)16-21(19)23(28)14-18(22)8-9-24(27)32-3;2*1-2/h5-9,15-16,23,29H,1-2,10-14,17H2,3-4H3;2*1-2H3/b20-7+;;. The topological polar surface area (TPSA) is 94.5 Å². The van der Waals surface area contributed by atoms with Crippen LogP contribution < -0.4 is 18.4 Å². The van der Waals surface area contributed by atoms with Gasteiger partial charge in [0.15, 0.2) is 23.0 Å². The summed E-state index contributed by atoms with van der Waals surface area (Å²) in [4.78, 5) is 2.22. The lowest BCUT2D eigenvalue weighted by atomic mass is 9.83. The van der Waals surface area contributed by atoms with Gasteiger partial charge in [-0.3, -0.25) is 4.90 Å². The number of hydrogen-bond donors (Lipinski definition) is 1. The summed E-state index contributed by atoms with van der Waals surface area (Å²) >= 11 is 0. The Bertz CT molecular complexity index is 1300. The summed E-state index contributed by atoms with van der Waals surface area (Å²) in [5.41, 5.74) is 4.08. The van der Waals surface area contributed by atoms with Gasteiger partial charge in [-0.2, -0.15) is 8.42 Å². The van der Waals surface area contributed by atoms with Crippen LogP contribution in [0.4, 0.5) is 0 Å².